The van der Waals surface area contributed by atoms with Crippen molar-refractivity contribution >= 4 is 11.0 Å². The van der Waals surface area contributed by atoms with Gasteiger partial charge in [0.2, 0.25) is 0 Å². The number of aromatic amines is 1. The van der Waals surface area contributed by atoms with Gasteiger partial charge in [0.15, 0.2) is 0 Å². The van der Waals surface area contributed by atoms with Gasteiger partial charge in [0, 0.05) is 18.5 Å². The van der Waals surface area contributed by atoms with E-state index in [0.717, 1.165) is 35.4 Å². The normalized spacial score (nSPS) is 12.9. The molecule has 2 aromatic rings. The zero-order chi connectivity index (χ0) is 11.5. The largest absolute Gasteiger partial charge is 0.497 e. The van der Waals surface area contributed by atoms with E-state index in [9.17, 15) is 0 Å². The van der Waals surface area contributed by atoms with Crippen molar-refractivity contribution in [3.63, 3.8) is 0 Å². The molecule has 0 radical (unpaired) electrons. The van der Waals surface area contributed by atoms with Crippen LogP contribution in [-0.2, 0) is 6.42 Å². The molecule has 1 unspecified atom stereocenters. The van der Waals surface area contributed by atoms with Crippen LogP contribution in [0.5, 0.6) is 5.75 Å². The van der Waals surface area contributed by atoms with Crippen molar-refractivity contribution < 1.29 is 4.74 Å². The van der Waals surface area contributed by atoms with Crippen molar-refractivity contribution in [2.45, 2.75) is 25.8 Å². The summed E-state index contributed by atoms with van der Waals surface area (Å²) in [4.78, 5) is 7.75. The van der Waals surface area contributed by atoms with Crippen LogP contribution in [0.2, 0.25) is 0 Å². The number of imidazole rings is 1. The lowest BCUT2D eigenvalue weighted by atomic mass is 10.2. The van der Waals surface area contributed by atoms with Gasteiger partial charge in [0.1, 0.15) is 11.6 Å². The van der Waals surface area contributed by atoms with E-state index in [1.807, 2.05) is 18.2 Å². The first-order chi connectivity index (χ1) is 7.72. The minimum absolute atomic E-state index is 0.169. The summed E-state index contributed by atoms with van der Waals surface area (Å²) in [7, 11) is 1.66. The van der Waals surface area contributed by atoms with Crippen molar-refractivity contribution in [3.05, 3.63) is 24.0 Å². The van der Waals surface area contributed by atoms with E-state index in [-0.39, 0.29) is 6.04 Å². The molecule has 0 aliphatic rings. The Morgan fingerprint density at radius 3 is 3.00 bits per heavy atom. The second-order valence-corrected chi connectivity index (χ2v) is 3.94. The third kappa shape index (κ3) is 2.17. The predicted molar refractivity (Wildman–Crippen MR) is 64.6 cm³/mol. The molecule has 0 saturated carbocycles. The highest BCUT2D eigenvalue weighted by Gasteiger charge is 2.07. The second kappa shape index (κ2) is 4.53. The Hall–Kier alpha value is -1.55. The van der Waals surface area contributed by atoms with Crippen molar-refractivity contribution in [1.29, 1.82) is 0 Å². The van der Waals surface area contributed by atoms with E-state index in [2.05, 4.69) is 16.9 Å². The SMILES string of the molecule is CCC(N)Cc1nc2ccc(OC)cc2[nH]1. The first-order valence-corrected chi connectivity index (χ1v) is 5.51. The van der Waals surface area contributed by atoms with Gasteiger partial charge in [0.05, 0.1) is 18.1 Å². The Morgan fingerprint density at radius 2 is 2.31 bits per heavy atom. The number of nitrogens with zero attached hydrogens (tertiary/aromatic N) is 1. The molecular formula is C12H17N3O. The number of methoxy groups -OCH3 is 1. The minimum atomic E-state index is 0.169. The lowest BCUT2D eigenvalue weighted by Crippen LogP contribution is -2.21. The molecule has 0 aliphatic heterocycles. The molecule has 2 rings (SSSR count). The Balaban J connectivity index is 2.29. The Kier molecular flexibility index (Phi) is 3.10. The van der Waals surface area contributed by atoms with Crippen molar-refractivity contribution in [2.75, 3.05) is 7.11 Å². The van der Waals surface area contributed by atoms with Gasteiger partial charge in [-0.2, -0.15) is 0 Å². The summed E-state index contributed by atoms with van der Waals surface area (Å²) < 4.78 is 5.16. The number of rotatable bonds is 4. The Bertz CT molecular complexity index is 478. The van der Waals surface area contributed by atoms with E-state index in [1.165, 1.54) is 0 Å². The van der Waals surface area contributed by atoms with Crippen LogP contribution < -0.4 is 10.5 Å². The molecule has 0 spiro atoms. The number of fused-ring (bicyclic) bond motifs is 1. The highest BCUT2D eigenvalue weighted by molar-refractivity contribution is 5.76. The van der Waals surface area contributed by atoms with E-state index in [4.69, 9.17) is 10.5 Å². The quantitative estimate of drug-likeness (QED) is 0.824. The number of nitrogens with one attached hydrogen (secondary N) is 1. The van der Waals surface area contributed by atoms with E-state index in [0.29, 0.717) is 0 Å². The molecule has 0 saturated heterocycles. The van der Waals surface area contributed by atoms with Crippen LogP contribution >= 0.6 is 0 Å². The highest BCUT2D eigenvalue weighted by Crippen LogP contribution is 2.19. The van der Waals surface area contributed by atoms with E-state index >= 15 is 0 Å². The summed E-state index contributed by atoms with van der Waals surface area (Å²) in [5.41, 5.74) is 7.85. The van der Waals surface area contributed by atoms with Crippen LogP contribution in [-0.4, -0.2) is 23.1 Å². The van der Waals surface area contributed by atoms with E-state index < -0.39 is 0 Å². The lowest BCUT2D eigenvalue weighted by molar-refractivity contribution is 0.415. The minimum Gasteiger partial charge on any atom is -0.497 e. The fraction of sp³-hybridized carbons (Fsp3) is 0.417. The smallest absolute Gasteiger partial charge is 0.121 e. The molecule has 4 nitrogen and oxygen atoms in total. The predicted octanol–water partition coefficient (Wildman–Crippen LogP) is 1.85. The molecule has 1 atom stereocenters. The third-order valence-corrected chi connectivity index (χ3v) is 2.72. The van der Waals surface area contributed by atoms with E-state index in [1.54, 1.807) is 7.11 Å². The summed E-state index contributed by atoms with van der Waals surface area (Å²) in [6.07, 6.45) is 1.74. The summed E-state index contributed by atoms with van der Waals surface area (Å²) in [6, 6.07) is 5.98. The molecule has 0 aliphatic carbocycles. The zero-order valence-electron chi connectivity index (χ0n) is 9.66. The molecule has 16 heavy (non-hydrogen) atoms. The van der Waals surface area contributed by atoms with Crippen LogP contribution in [0.3, 0.4) is 0 Å². The highest BCUT2D eigenvalue weighted by atomic mass is 16.5. The van der Waals surface area contributed by atoms with Gasteiger partial charge >= 0.3 is 0 Å². The maximum atomic E-state index is 5.90. The standard InChI is InChI=1S/C12H17N3O/c1-3-8(13)6-12-14-10-5-4-9(16-2)7-11(10)15-12/h4-5,7-8H,3,6,13H2,1-2H3,(H,14,15). The summed E-state index contributed by atoms with van der Waals surface area (Å²) in [6.45, 7) is 2.08. The molecule has 0 bridgehead atoms. The molecule has 0 amide bonds. The number of hydrogen-bond donors (Lipinski definition) is 2. The van der Waals surface area contributed by atoms with Gasteiger partial charge in [-0.1, -0.05) is 6.92 Å². The third-order valence-electron chi connectivity index (χ3n) is 2.72. The average Bonchev–Trinajstić information content (AvgIpc) is 2.69. The van der Waals surface area contributed by atoms with Crippen molar-refractivity contribution in [1.82, 2.24) is 9.97 Å². The number of hydrogen-bond acceptors (Lipinski definition) is 3. The van der Waals surface area contributed by atoms with Gasteiger partial charge in [0.25, 0.3) is 0 Å². The number of aromatic nitrogens is 2. The molecule has 86 valence electrons. The zero-order valence-corrected chi connectivity index (χ0v) is 9.66. The summed E-state index contributed by atoms with van der Waals surface area (Å²) >= 11 is 0. The molecule has 4 heteroatoms. The van der Waals surface area contributed by atoms with Crippen molar-refractivity contribution in [3.8, 4) is 5.75 Å². The molecule has 1 heterocycles. The number of ether oxygens (including phenoxy) is 1. The van der Waals surface area contributed by atoms with Crippen molar-refractivity contribution in [2.24, 2.45) is 5.73 Å². The fourth-order valence-electron chi connectivity index (χ4n) is 1.66. The maximum Gasteiger partial charge on any atom is 0.121 e. The van der Waals surface area contributed by atoms with Crippen LogP contribution in [0, 0.1) is 0 Å². The van der Waals surface area contributed by atoms with Gasteiger partial charge in [-0.25, -0.2) is 4.98 Å². The number of nitrogens with two attached hydrogens (primary N) is 1. The summed E-state index contributed by atoms with van der Waals surface area (Å²) in [5.74, 6) is 1.78. The van der Waals surface area contributed by atoms with Crippen LogP contribution in [0.4, 0.5) is 0 Å². The fourth-order valence-corrected chi connectivity index (χ4v) is 1.66. The maximum absolute atomic E-state index is 5.90. The molecular weight excluding hydrogens is 202 g/mol. The second-order valence-electron chi connectivity index (χ2n) is 3.94. The number of H-pyrrole nitrogens is 1. The number of benzene rings is 1. The van der Waals surface area contributed by atoms with Gasteiger partial charge in [-0.05, 0) is 18.6 Å². The average molecular weight is 219 g/mol. The molecule has 1 aromatic carbocycles. The van der Waals surface area contributed by atoms with Gasteiger partial charge < -0.3 is 15.5 Å². The van der Waals surface area contributed by atoms with Crippen LogP contribution in [0.25, 0.3) is 11.0 Å². The molecule has 3 N–H and O–H groups in total. The monoisotopic (exact) mass is 219 g/mol. The topological polar surface area (TPSA) is 63.9 Å². The molecule has 1 aromatic heterocycles. The summed E-state index contributed by atoms with van der Waals surface area (Å²) in [5, 5.41) is 0. The van der Waals surface area contributed by atoms with Crippen LogP contribution in [0.1, 0.15) is 19.2 Å². The molecule has 0 fully saturated rings. The van der Waals surface area contributed by atoms with Gasteiger partial charge in [-0.3, -0.25) is 0 Å². The Morgan fingerprint density at radius 1 is 1.50 bits per heavy atom. The lowest BCUT2D eigenvalue weighted by Gasteiger charge is -2.04. The van der Waals surface area contributed by atoms with Crippen LogP contribution in [0.15, 0.2) is 18.2 Å². The Labute approximate surface area is 94.8 Å². The first-order valence-electron chi connectivity index (χ1n) is 5.51. The first kappa shape index (κ1) is 11.0. The van der Waals surface area contributed by atoms with Gasteiger partial charge in [-0.15, -0.1) is 0 Å².